The average molecular weight is 406 g/mol. The van der Waals surface area contributed by atoms with Crippen LogP contribution in [0.15, 0.2) is 48.0 Å². The maximum absolute atomic E-state index is 13.0. The molecule has 1 fully saturated rings. The summed E-state index contributed by atoms with van der Waals surface area (Å²) in [5.74, 6) is -0.541. The fraction of sp³-hybridized carbons (Fsp3) is 0.333. The van der Waals surface area contributed by atoms with Gasteiger partial charge < -0.3 is 19.6 Å². The second kappa shape index (κ2) is 7.86. The summed E-state index contributed by atoms with van der Waals surface area (Å²) in [7, 11) is 3.91. The molecule has 2 aromatic rings. The first-order valence-electron chi connectivity index (χ1n) is 10.2. The topological polar surface area (TPSA) is 70.1 Å². The van der Waals surface area contributed by atoms with Crippen molar-refractivity contribution in [2.45, 2.75) is 25.8 Å². The summed E-state index contributed by atoms with van der Waals surface area (Å²) in [6, 6.07) is 12.5. The molecule has 156 valence electrons. The van der Waals surface area contributed by atoms with Crippen LogP contribution < -0.4 is 9.64 Å². The summed E-state index contributed by atoms with van der Waals surface area (Å²) in [6.07, 6.45) is 1.48. The number of likely N-dealkylation sites (tertiary alicyclic amines) is 1. The van der Waals surface area contributed by atoms with E-state index in [9.17, 15) is 14.7 Å². The van der Waals surface area contributed by atoms with Gasteiger partial charge in [0, 0.05) is 38.3 Å². The predicted molar refractivity (Wildman–Crippen MR) is 116 cm³/mol. The SMILES string of the molecule is CCCN1C(=O)C(=O)/C(=C(\O)c2ccc3c(c2)CCO3)C1c1ccc(N(C)C)cc1. The number of fused-ring (bicyclic) bond motifs is 1. The number of carbonyl (C=O) groups is 2. The Bertz CT molecular complexity index is 1020. The van der Waals surface area contributed by atoms with Gasteiger partial charge in [0.05, 0.1) is 18.2 Å². The molecule has 0 aliphatic carbocycles. The van der Waals surface area contributed by atoms with Gasteiger partial charge >= 0.3 is 0 Å². The van der Waals surface area contributed by atoms with E-state index in [1.807, 2.05) is 56.3 Å². The molecule has 6 heteroatoms. The van der Waals surface area contributed by atoms with Gasteiger partial charge in [0.15, 0.2) is 0 Å². The first-order chi connectivity index (χ1) is 14.4. The molecule has 30 heavy (non-hydrogen) atoms. The second-order valence-electron chi connectivity index (χ2n) is 7.90. The van der Waals surface area contributed by atoms with Crippen molar-refractivity contribution in [3.63, 3.8) is 0 Å². The number of ketones is 1. The highest BCUT2D eigenvalue weighted by Gasteiger charge is 2.45. The van der Waals surface area contributed by atoms with Crippen LogP contribution in [0.5, 0.6) is 5.75 Å². The first kappa shape index (κ1) is 20.0. The predicted octanol–water partition coefficient (Wildman–Crippen LogP) is 3.52. The average Bonchev–Trinajstić information content (AvgIpc) is 3.31. The number of amides is 1. The van der Waals surface area contributed by atoms with Gasteiger partial charge in [-0.1, -0.05) is 19.1 Å². The Kier molecular flexibility index (Phi) is 5.24. The van der Waals surface area contributed by atoms with Crippen molar-refractivity contribution in [1.29, 1.82) is 0 Å². The summed E-state index contributed by atoms with van der Waals surface area (Å²) >= 11 is 0. The smallest absolute Gasteiger partial charge is 0.295 e. The number of hydrogen-bond acceptors (Lipinski definition) is 5. The Balaban J connectivity index is 1.83. The van der Waals surface area contributed by atoms with E-state index < -0.39 is 17.7 Å². The van der Waals surface area contributed by atoms with E-state index in [-0.39, 0.29) is 11.3 Å². The standard InChI is InChI=1S/C24H26N2O4/c1-4-12-26-21(15-5-8-18(9-6-15)25(2)3)20(23(28)24(26)29)22(27)17-7-10-19-16(14-17)11-13-30-19/h5-10,14,21,27H,4,11-13H2,1-3H3/b22-20-. The molecule has 0 spiro atoms. The van der Waals surface area contributed by atoms with E-state index in [4.69, 9.17) is 4.74 Å². The molecule has 2 aromatic carbocycles. The van der Waals surface area contributed by atoms with Crippen molar-refractivity contribution in [1.82, 2.24) is 4.90 Å². The number of anilines is 1. The normalized spacial score (nSPS) is 19.7. The van der Waals surface area contributed by atoms with E-state index in [1.54, 1.807) is 17.0 Å². The molecule has 2 heterocycles. The third kappa shape index (κ3) is 3.32. The van der Waals surface area contributed by atoms with Crippen LogP contribution in [-0.4, -0.2) is 48.9 Å². The first-order valence-corrected chi connectivity index (χ1v) is 10.2. The highest BCUT2D eigenvalue weighted by atomic mass is 16.5. The monoisotopic (exact) mass is 406 g/mol. The zero-order valence-electron chi connectivity index (χ0n) is 17.5. The zero-order chi connectivity index (χ0) is 21.4. The van der Waals surface area contributed by atoms with Crippen molar-refractivity contribution >= 4 is 23.1 Å². The van der Waals surface area contributed by atoms with Gasteiger partial charge in [0.2, 0.25) is 0 Å². The Morgan fingerprint density at radius 3 is 2.57 bits per heavy atom. The lowest BCUT2D eigenvalue weighted by atomic mass is 9.94. The van der Waals surface area contributed by atoms with Crippen molar-refractivity contribution in [3.8, 4) is 5.75 Å². The second-order valence-corrected chi connectivity index (χ2v) is 7.90. The number of Topliss-reactive ketones (excluding diaryl/α,β-unsaturated/α-hetero) is 1. The lowest BCUT2D eigenvalue weighted by Gasteiger charge is -2.25. The number of carbonyl (C=O) groups excluding carboxylic acids is 2. The number of nitrogens with zero attached hydrogens (tertiary/aromatic N) is 2. The molecule has 4 rings (SSSR count). The van der Waals surface area contributed by atoms with Gasteiger partial charge in [-0.25, -0.2) is 0 Å². The zero-order valence-corrected chi connectivity index (χ0v) is 17.5. The van der Waals surface area contributed by atoms with Gasteiger partial charge in [0.1, 0.15) is 11.5 Å². The van der Waals surface area contributed by atoms with E-state index in [0.29, 0.717) is 18.7 Å². The quantitative estimate of drug-likeness (QED) is 0.467. The maximum Gasteiger partial charge on any atom is 0.295 e. The van der Waals surface area contributed by atoms with E-state index in [1.165, 1.54) is 0 Å². The Hall–Kier alpha value is -3.28. The molecule has 0 radical (unpaired) electrons. The summed E-state index contributed by atoms with van der Waals surface area (Å²) in [4.78, 5) is 29.3. The van der Waals surface area contributed by atoms with Crippen molar-refractivity contribution in [3.05, 3.63) is 64.7 Å². The minimum absolute atomic E-state index is 0.136. The van der Waals surface area contributed by atoms with Crippen LogP contribution in [0.4, 0.5) is 5.69 Å². The minimum atomic E-state index is -0.639. The van der Waals surface area contributed by atoms with Gasteiger partial charge in [-0.15, -0.1) is 0 Å². The molecule has 2 aliphatic heterocycles. The van der Waals surface area contributed by atoms with Crippen LogP contribution in [0.25, 0.3) is 5.76 Å². The summed E-state index contributed by atoms with van der Waals surface area (Å²) in [5, 5.41) is 11.1. The van der Waals surface area contributed by atoms with Crippen LogP contribution in [0.1, 0.15) is 36.1 Å². The van der Waals surface area contributed by atoms with Crippen LogP contribution >= 0.6 is 0 Å². The highest BCUT2D eigenvalue weighted by molar-refractivity contribution is 6.46. The Morgan fingerprint density at radius 1 is 1.17 bits per heavy atom. The van der Waals surface area contributed by atoms with E-state index in [0.717, 1.165) is 35.4 Å². The summed E-state index contributed by atoms with van der Waals surface area (Å²) in [6.45, 7) is 3.02. The third-order valence-electron chi connectivity index (χ3n) is 5.69. The van der Waals surface area contributed by atoms with E-state index in [2.05, 4.69) is 0 Å². The maximum atomic E-state index is 13.0. The Morgan fingerprint density at radius 2 is 1.90 bits per heavy atom. The number of ether oxygens (including phenoxy) is 1. The van der Waals surface area contributed by atoms with Crippen LogP contribution in [0.3, 0.4) is 0 Å². The van der Waals surface area contributed by atoms with Gasteiger partial charge in [-0.3, -0.25) is 9.59 Å². The summed E-state index contributed by atoms with van der Waals surface area (Å²) in [5.41, 5.74) is 3.49. The molecule has 0 aromatic heterocycles. The fourth-order valence-electron chi connectivity index (χ4n) is 4.14. The van der Waals surface area contributed by atoms with Gasteiger partial charge in [0.25, 0.3) is 11.7 Å². The molecule has 1 N–H and O–H groups in total. The van der Waals surface area contributed by atoms with Crippen LogP contribution in [0.2, 0.25) is 0 Å². The molecule has 1 saturated heterocycles. The molecule has 6 nitrogen and oxygen atoms in total. The van der Waals surface area contributed by atoms with Gasteiger partial charge in [-0.05, 0) is 47.9 Å². The third-order valence-corrected chi connectivity index (χ3v) is 5.69. The lowest BCUT2D eigenvalue weighted by Crippen LogP contribution is -2.30. The number of hydrogen-bond donors (Lipinski definition) is 1. The van der Waals surface area contributed by atoms with Gasteiger partial charge in [-0.2, -0.15) is 0 Å². The van der Waals surface area contributed by atoms with Crippen molar-refractivity contribution in [2.75, 3.05) is 32.1 Å². The molecular weight excluding hydrogens is 380 g/mol. The minimum Gasteiger partial charge on any atom is -0.507 e. The number of aliphatic hydroxyl groups excluding tert-OH is 1. The number of aliphatic hydroxyl groups is 1. The highest BCUT2D eigenvalue weighted by Crippen LogP contribution is 2.40. The lowest BCUT2D eigenvalue weighted by molar-refractivity contribution is -0.139. The number of benzene rings is 2. The fourth-order valence-corrected chi connectivity index (χ4v) is 4.14. The van der Waals surface area contributed by atoms with E-state index >= 15 is 0 Å². The van der Waals surface area contributed by atoms with Crippen LogP contribution in [0, 0.1) is 0 Å². The number of rotatable bonds is 5. The Labute approximate surface area is 176 Å². The molecule has 1 amide bonds. The molecule has 2 aliphatic rings. The molecule has 0 bridgehead atoms. The molecule has 1 unspecified atom stereocenters. The molecule has 1 atom stereocenters. The molecule has 0 saturated carbocycles. The summed E-state index contributed by atoms with van der Waals surface area (Å²) < 4.78 is 5.54. The molecular formula is C24H26N2O4. The van der Waals surface area contributed by atoms with Crippen molar-refractivity contribution < 1.29 is 19.4 Å². The van der Waals surface area contributed by atoms with Crippen LogP contribution in [-0.2, 0) is 16.0 Å². The largest absolute Gasteiger partial charge is 0.507 e. The van der Waals surface area contributed by atoms with Crippen molar-refractivity contribution in [2.24, 2.45) is 0 Å².